The van der Waals surface area contributed by atoms with Crippen molar-refractivity contribution < 1.29 is 9.47 Å². The third-order valence-corrected chi connectivity index (χ3v) is 2.98. The van der Waals surface area contributed by atoms with Crippen molar-refractivity contribution in [1.82, 2.24) is 5.32 Å². The Hall–Kier alpha value is -1.22. The Bertz CT molecular complexity index is 377. The van der Waals surface area contributed by atoms with E-state index in [2.05, 4.69) is 31.3 Å². The van der Waals surface area contributed by atoms with Gasteiger partial charge in [-0.15, -0.1) is 0 Å². The van der Waals surface area contributed by atoms with Crippen molar-refractivity contribution in [2.24, 2.45) is 5.92 Å². The first-order valence-electron chi connectivity index (χ1n) is 6.85. The molecule has 18 heavy (non-hydrogen) atoms. The van der Waals surface area contributed by atoms with Crippen molar-refractivity contribution in [3.63, 3.8) is 0 Å². The molecule has 1 aromatic rings. The van der Waals surface area contributed by atoms with E-state index in [-0.39, 0.29) is 0 Å². The number of hydrogen-bond acceptors (Lipinski definition) is 3. The second-order valence-corrected chi connectivity index (χ2v) is 5.18. The van der Waals surface area contributed by atoms with E-state index in [1.807, 2.05) is 6.07 Å². The minimum absolute atomic E-state index is 0.658. The van der Waals surface area contributed by atoms with Gasteiger partial charge in [0.25, 0.3) is 0 Å². The van der Waals surface area contributed by atoms with Gasteiger partial charge in [-0.3, -0.25) is 0 Å². The first kappa shape index (κ1) is 13.2. The van der Waals surface area contributed by atoms with E-state index in [9.17, 15) is 0 Å². The van der Waals surface area contributed by atoms with Crippen LogP contribution >= 0.6 is 0 Å². The van der Waals surface area contributed by atoms with E-state index < -0.39 is 0 Å². The summed E-state index contributed by atoms with van der Waals surface area (Å²) in [5.41, 5.74) is 1.32. The molecule has 0 amide bonds. The molecule has 2 rings (SSSR count). The summed E-state index contributed by atoms with van der Waals surface area (Å²) in [6, 6.07) is 6.26. The Morgan fingerprint density at radius 1 is 1.17 bits per heavy atom. The molecule has 0 spiro atoms. The largest absolute Gasteiger partial charge is 0.486 e. The summed E-state index contributed by atoms with van der Waals surface area (Å²) in [7, 11) is 0. The topological polar surface area (TPSA) is 30.5 Å². The highest BCUT2D eigenvalue weighted by Gasteiger charge is 2.11. The zero-order valence-corrected chi connectivity index (χ0v) is 11.4. The smallest absolute Gasteiger partial charge is 0.161 e. The maximum Gasteiger partial charge on any atom is 0.161 e. The van der Waals surface area contributed by atoms with Crippen molar-refractivity contribution >= 4 is 0 Å². The Kier molecular flexibility index (Phi) is 4.88. The molecule has 1 heterocycles. The fourth-order valence-corrected chi connectivity index (χ4v) is 2.05. The van der Waals surface area contributed by atoms with Crippen LogP contribution in [-0.4, -0.2) is 26.3 Å². The van der Waals surface area contributed by atoms with Crippen LogP contribution in [0.1, 0.15) is 25.8 Å². The molecule has 0 saturated carbocycles. The molecule has 0 unspecified atom stereocenters. The molecule has 0 aromatic heterocycles. The fourth-order valence-electron chi connectivity index (χ4n) is 2.05. The lowest BCUT2D eigenvalue weighted by molar-refractivity contribution is 0.171. The van der Waals surface area contributed by atoms with E-state index in [4.69, 9.17) is 9.47 Å². The van der Waals surface area contributed by atoms with Gasteiger partial charge in [0, 0.05) is 0 Å². The SMILES string of the molecule is CC(C)CNCCCc1ccc2c(c1)OCCO2. The summed E-state index contributed by atoms with van der Waals surface area (Å²) >= 11 is 0. The van der Waals surface area contributed by atoms with Crippen LogP contribution in [0.25, 0.3) is 0 Å². The monoisotopic (exact) mass is 249 g/mol. The van der Waals surface area contributed by atoms with Crippen molar-refractivity contribution in [3.8, 4) is 11.5 Å². The van der Waals surface area contributed by atoms with E-state index in [1.54, 1.807) is 0 Å². The maximum absolute atomic E-state index is 5.58. The highest BCUT2D eigenvalue weighted by atomic mass is 16.6. The highest BCUT2D eigenvalue weighted by Crippen LogP contribution is 2.30. The predicted octanol–water partition coefficient (Wildman–Crippen LogP) is 2.64. The summed E-state index contributed by atoms with van der Waals surface area (Å²) < 4.78 is 11.1. The van der Waals surface area contributed by atoms with Crippen LogP contribution < -0.4 is 14.8 Å². The van der Waals surface area contributed by atoms with Crippen LogP contribution in [0.2, 0.25) is 0 Å². The number of hydrogen-bond donors (Lipinski definition) is 1. The summed E-state index contributed by atoms with van der Waals surface area (Å²) in [6.07, 6.45) is 2.24. The molecular formula is C15H23NO2. The van der Waals surface area contributed by atoms with Gasteiger partial charge >= 0.3 is 0 Å². The van der Waals surface area contributed by atoms with E-state index in [1.165, 1.54) is 5.56 Å². The second-order valence-electron chi connectivity index (χ2n) is 5.18. The zero-order valence-electron chi connectivity index (χ0n) is 11.4. The van der Waals surface area contributed by atoms with Crippen molar-refractivity contribution in [2.45, 2.75) is 26.7 Å². The normalized spacial score (nSPS) is 13.9. The molecule has 0 radical (unpaired) electrons. The Balaban J connectivity index is 1.76. The first-order chi connectivity index (χ1) is 8.75. The molecule has 0 atom stereocenters. The number of benzene rings is 1. The third kappa shape index (κ3) is 3.91. The lowest BCUT2D eigenvalue weighted by Gasteiger charge is -2.18. The molecule has 1 aliphatic rings. The molecule has 3 heteroatoms. The molecule has 1 aromatic carbocycles. The Labute approximate surface area is 109 Å². The molecule has 1 N–H and O–H groups in total. The number of ether oxygens (including phenoxy) is 2. The summed E-state index contributed by atoms with van der Waals surface area (Å²) in [5, 5.41) is 3.46. The van der Waals surface area contributed by atoms with Crippen molar-refractivity contribution in [1.29, 1.82) is 0 Å². The Morgan fingerprint density at radius 3 is 2.72 bits per heavy atom. The average Bonchev–Trinajstić information content (AvgIpc) is 2.38. The van der Waals surface area contributed by atoms with Gasteiger partial charge in [0.2, 0.25) is 0 Å². The maximum atomic E-state index is 5.58. The van der Waals surface area contributed by atoms with Gasteiger partial charge in [-0.05, 0) is 49.5 Å². The second kappa shape index (κ2) is 6.64. The van der Waals surface area contributed by atoms with Gasteiger partial charge in [-0.1, -0.05) is 19.9 Å². The van der Waals surface area contributed by atoms with Gasteiger partial charge in [0.15, 0.2) is 11.5 Å². The lowest BCUT2D eigenvalue weighted by atomic mass is 10.1. The van der Waals surface area contributed by atoms with Crippen LogP contribution in [0.3, 0.4) is 0 Å². The molecule has 0 aliphatic carbocycles. The molecule has 0 bridgehead atoms. The summed E-state index contributed by atoms with van der Waals surface area (Å²) in [6.45, 7) is 7.95. The lowest BCUT2D eigenvalue weighted by Crippen LogP contribution is -2.21. The number of fused-ring (bicyclic) bond motifs is 1. The van der Waals surface area contributed by atoms with Crippen molar-refractivity contribution in [2.75, 3.05) is 26.3 Å². The van der Waals surface area contributed by atoms with E-state index >= 15 is 0 Å². The summed E-state index contributed by atoms with van der Waals surface area (Å²) in [4.78, 5) is 0. The number of rotatable bonds is 6. The Morgan fingerprint density at radius 2 is 1.94 bits per heavy atom. The minimum atomic E-state index is 0.658. The summed E-state index contributed by atoms with van der Waals surface area (Å²) in [5.74, 6) is 2.50. The molecule has 3 nitrogen and oxygen atoms in total. The zero-order chi connectivity index (χ0) is 12.8. The number of nitrogens with one attached hydrogen (secondary N) is 1. The quantitative estimate of drug-likeness (QED) is 0.786. The minimum Gasteiger partial charge on any atom is -0.486 e. The molecular weight excluding hydrogens is 226 g/mol. The van der Waals surface area contributed by atoms with Gasteiger partial charge in [-0.25, -0.2) is 0 Å². The third-order valence-electron chi connectivity index (χ3n) is 2.98. The standard InChI is InChI=1S/C15H23NO2/c1-12(2)11-16-7-3-4-13-5-6-14-15(10-13)18-9-8-17-14/h5-6,10,12,16H,3-4,7-9,11H2,1-2H3. The molecule has 0 fully saturated rings. The van der Waals surface area contributed by atoms with Crippen LogP contribution in [0.15, 0.2) is 18.2 Å². The number of aryl methyl sites for hydroxylation is 1. The molecule has 100 valence electrons. The van der Waals surface area contributed by atoms with Crippen LogP contribution in [-0.2, 0) is 6.42 Å². The van der Waals surface area contributed by atoms with Crippen LogP contribution in [0.4, 0.5) is 0 Å². The van der Waals surface area contributed by atoms with E-state index in [0.717, 1.165) is 43.3 Å². The van der Waals surface area contributed by atoms with E-state index in [0.29, 0.717) is 13.2 Å². The van der Waals surface area contributed by atoms with Crippen LogP contribution in [0.5, 0.6) is 11.5 Å². The fraction of sp³-hybridized carbons (Fsp3) is 0.600. The highest BCUT2D eigenvalue weighted by molar-refractivity contribution is 5.43. The van der Waals surface area contributed by atoms with Crippen molar-refractivity contribution in [3.05, 3.63) is 23.8 Å². The van der Waals surface area contributed by atoms with Gasteiger partial charge < -0.3 is 14.8 Å². The van der Waals surface area contributed by atoms with Gasteiger partial charge in [-0.2, -0.15) is 0 Å². The molecule has 0 saturated heterocycles. The predicted molar refractivity (Wildman–Crippen MR) is 73.5 cm³/mol. The first-order valence-corrected chi connectivity index (χ1v) is 6.85. The average molecular weight is 249 g/mol. The van der Waals surface area contributed by atoms with Gasteiger partial charge in [0.05, 0.1) is 0 Å². The molecule has 1 aliphatic heterocycles. The van der Waals surface area contributed by atoms with Gasteiger partial charge in [0.1, 0.15) is 13.2 Å². The van der Waals surface area contributed by atoms with Crippen LogP contribution in [0, 0.1) is 5.92 Å².